The van der Waals surface area contributed by atoms with Gasteiger partial charge in [0, 0.05) is 12.1 Å². The van der Waals surface area contributed by atoms with Crippen molar-refractivity contribution in [1.82, 2.24) is 5.32 Å². The normalized spacial score (nSPS) is 37.0. The number of carbonyl (C=O) groups is 1. The average Bonchev–Trinajstić information content (AvgIpc) is 2.15. The number of piperidine rings is 1. The standard InChI is InChI=1S/C13H26N2O/c1-5-6-8(2)12-11(13(14)16)9(3)7-10(4)15-12/h8-12,15H,5-7H2,1-4H3,(H2,14,16). The van der Waals surface area contributed by atoms with Gasteiger partial charge in [-0.05, 0) is 31.6 Å². The summed E-state index contributed by atoms with van der Waals surface area (Å²) >= 11 is 0. The van der Waals surface area contributed by atoms with Gasteiger partial charge in [0.1, 0.15) is 0 Å². The molecule has 5 unspecified atom stereocenters. The summed E-state index contributed by atoms with van der Waals surface area (Å²) in [5.41, 5.74) is 5.55. The highest BCUT2D eigenvalue weighted by atomic mass is 16.1. The van der Waals surface area contributed by atoms with Gasteiger partial charge in [0.05, 0.1) is 5.92 Å². The quantitative estimate of drug-likeness (QED) is 0.769. The van der Waals surface area contributed by atoms with Crippen molar-refractivity contribution in [3.63, 3.8) is 0 Å². The second-order valence-corrected chi connectivity index (χ2v) is 5.50. The molecule has 5 atom stereocenters. The summed E-state index contributed by atoms with van der Waals surface area (Å²) in [7, 11) is 0. The number of hydrogen-bond donors (Lipinski definition) is 2. The maximum absolute atomic E-state index is 11.6. The molecule has 3 N–H and O–H groups in total. The summed E-state index contributed by atoms with van der Waals surface area (Å²) in [5.74, 6) is 0.781. The van der Waals surface area contributed by atoms with Crippen LogP contribution in [0.2, 0.25) is 0 Å². The second kappa shape index (κ2) is 5.67. The molecule has 0 aromatic heterocycles. The molecule has 0 radical (unpaired) electrons. The Kier molecular flexibility index (Phi) is 4.78. The predicted octanol–water partition coefficient (Wildman–Crippen LogP) is 1.91. The van der Waals surface area contributed by atoms with Crippen LogP contribution in [0.1, 0.15) is 47.0 Å². The van der Waals surface area contributed by atoms with E-state index in [-0.39, 0.29) is 17.9 Å². The zero-order valence-electron chi connectivity index (χ0n) is 11.0. The van der Waals surface area contributed by atoms with Crippen LogP contribution in [0.4, 0.5) is 0 Å². The molecule has 0 aromatic rings. The molecule has 1 rings (SSSR count). The highest BCUT2D eigenvalue weighted by Gasteiger charge is 2.39. The molecule has 3 nitrogen and oxygen atoms in total. The topological polar surface area (TPSA) is 55.1 Å². The second-order valence-electron chi connectivity index (χ2n) is 5.50. The highest BCUT2D eigenvalue weighted by Crippen LogP contribution is 2.31. The van der Waals surface area contributed by atoms with E-state index in [1.165, 1.54) is 0 Å². The Morgan fingerprint density at radius 1 is 1.50 bits per heavy atom. The number of carbonyl (C=O) groups excluding carboxylic acids is 1. The Hall–Kier alpha value is -0.570. The van der Waals surface area contributed by atoms with Crippen molar-refractivity contribution >= 4 is 5.91 Å². The van der Waals surface area contributed by atoms with Crippen LogP contribution in [0.3, 0.4) is 0 Å². The first kappa shape index (κ1) is 13.5. The number of nitrogens with one attached hydrogen (secondary N) is 1. The van der Waals surface area contributed by atoms with Gasteiger partial charge in [-0.1, -0.05) is 27.2 Å². The maximum Gasteiger partial charge on any atom is 0.222 e. The molecule has 0 aromatic carbocycles. The van der Waals surface area contributed by atoms with Gasteiger partial charge in [-0.2, -0.15) is 0 Å². The average molecular weight is 226 g/mol. The number of amides is 1. The predicted molar refractivity (Wildman–Crippen MR) is 66.9 cm³/mol. The molecule has 0 saturated carbocycles. The third-order valence-electron chi connectivity index (χ3n) is 3.89. The van der Waals surface area contributed by atoms with Crippen molar-refractivity contribution in [2.75, 3.05) is 0 Å². The van der Waals surface area contributed by atoms with Gasteiger partial charge in [0.25, 0.3) is 0 Å². The first-order chi connectivity index (χ1) is 7.47. The lowest BCUT2D eigenvalue weighted by Gasteiger charge is -2.42. The minimum atomic E-state index is -0.139. The number of rotatable bonds is 4. The fourth-order valence-corrected chi connectivity index (χ4v) is 3.17. The van der Waals surface area contributed by atoms with E-state index in [1.54, 1.807) is 0 Å². The van der Waals surface area contributed by atoms with Gasteiger partial charge < -0.3 is 11.1 Å². The fraction of sp³-hybridized carbons (Fsp3) is 0.923. The van der Waals surface area contributed by atoms with E-state index < -0.39 is 0 Å². The fourth-order valence-electron chi connectivity index (χ4n) is 3.17. The Bertz CT molecular complexity index is 242. The SMILES string of the molecule is CCCC(C)C1NC(C)CC(C)C1C(N)=O. The third kappa shape index (κ3) is 2.97. The van der Waals surface area contributed by atoms with Gasteiger partial charge in [-0.25, -0.2) is 0 Å². The number of primary amides is 1. The summed E-state index contributed by atoms with van der Waals surface area (Å²) in [4.78, 5) is 11.6. The smallest absolute Gasteiger partial charge is 0.222 e. The summed E-state index contributed by atoms with van der Waals surface area (Å²) in [5, 5.41) is 3.56. The Labute approximate surface area is 99.2 Å². The molecule has 3 heteroatoms. The van der Waals surface area contributed by atoms with Crippen LogP contribution in [0, 0.1) is 17.8 Å². The molecule has 0 spiro atoms. The van der Waals surface area contributed by atoms with Crippen molar-refractivity contribution in [3.8, 4) is 0 Å². The van der Waals surface area contributed by atoms with Crippen molar-refractivity contribution in [2.45, 2.75) is 59.0 Å². The van der Waals surface area contributed by atoms with Gasteiger partial charge in [-0.15, -0.1) is 0 Å². The van der Waals surface area contributed by atoms with Crippen LogP contribution in [0.5, 0.6) is 0 Å². The Morgan fingerprint density at radius 3 is 2.62 bits per heavy atom. The zero-order chi connectivity index (χ0) is 12.3. The molecular weight excluding hydrogens is 200 g/mol. The van der Waals surface area contributed by atoms with E-state index >= 15 is 0 Å². The molecule has 1 fully saturated rings. The van der Waals surface area contributed by atoms with Crippen LogP contribution in [0.25, 0.3) is 0 Å². The molecule has 94 valence electrons. The zero-order valence-corrected chi connectivity index (χ0v) is 11.0. The number of hydrogen-bond acceptors (Lipinski definition) is 2. The van der Waals surface area contributed by atoms with Gasteiger partial charge in [0.2, 0.25) is 5.91 Å². The molecule has 1 amide bonds. The molecule has 16 heavy (non-hydrogen) atoms. The largest absolute Gasteiger partial charge is 0.369 e. The van der Waals surface area contributed by atoms with Crippen LogP contribution < -0.4 is 11.1 Å². The monoisotopic (exact) mass is 226 g/mol. The van der Waals surface area contributed by atoms with Crippen LogP contribution >= 0.6 is 0 Å². The van der Waals surface area contributed by atoms with Crippen molar-refractivity contribution < 1.29 is 4.79 Å². The highest BCUT2D eigenvalue weighted by molar-refractivity contribution is 5.78. The van der Waals surface area contributed by atoms with Crippen molar-refractivity contribution in [1.29, 1.82) is 0 Å². The molecule has 1 aliphatic heterocycles. The Morgan fingerprint density at radius 2 is 2.12 bits per heavy atom. The lowest BCUT2D eigenvalue weighted by Crippen LogP contribution is -2.56. The van der Waals surface area contributed by atoms with Gasteiger partial charge in [-0.3, -0.25) is 4.79 Å². The van der Waals surface area contributed by atoms with Crippen LogP contribution in [0.15, 0.2) is 0 Å². The van der Waals surface area contributed by atoms with Gasteiger partial charge >= 0.3 is 0 Å². The van der Waals surface area contributed by atoms with E-state index in [0.29, 0.717) is 17.9 Å². The third-order valence-corrected chi connectivity index (χ3v) is 3.89. The van der Waals surface area contributed by atoms with E-state index in [2.05, 4.69) is 33.0 Å². The summed E-state index contributed by atoms with van der Waals surface area (Å²) in [6, 6.07) is 0.756. The Balaban J connectivity index is 2.78. The first-order valence-corrected chi connectivity index (χ1v) is 6.52. The number of nitrogens with two attached hydrogens (primary N) is 1. The van der Waals surface area contributed by atoms with E-state index in [4.69, 9.17) is 5.73 Å². The van der Waals surface area contributed by atoms with Crippen LogP contribution in [-0.2, 0) is 4.79 Å². The molecule has 0 aliphatic carbocycles. The molecule has 1 heterocycles. The molecule has 1 aliphatic rings. The van der Waals surface area contributed by atoms with E-state index in [0.717, 1.165) is 19.3 Å². The lowest BCUT2D eigenvalue weighted by atomic mass is 9.73. The maximum atomic E-state index is 11.6. The first-order valence-electron chi connectivity index (χ1n) is 6.52. The minimum Gasteiger partial charge on any atom is -0.369 e. The molecule has 1 saturated heterocycles. The molecule has 0 bridgehead atoms. The van der Waals surface area contributed by atoms with Crippen molar-refractivity contribution in [2.24, 2.45) is 23.5 Å². The minimum absolute atomic E-state index is 0.00208. The van der Waals surface area contributed by atoms with Crippen LogP contribution in [-0.4, -0.2) is 18.0 Å². The van der Waals surface area contributed by atoms with Gasteiger partial charge in [0.15, 0.2) is 0 Å². The summed E-state index contributed by atoms with van der Waals surface area (Å²) in [6.45, 7) is 8.76. The lowest BCUT2D eigenvalue weighted by molar-refractivity contribution is -0.126. The van der Waals surface area contributed by atoms with E-state index in [9.17, 15) is 4.79 Å². The molecular formula is C13H26N2O. The summed E-state index contributed by atoms with van der Waals surface area (Å²) < 4.78 is 0. The van der Waals surface area contributed by atoms with E-state index in [1.807, 2.05) is 0 Å². The van der Waals surface area contributed by atoms with Crippen molar-refractivity contribution in [3.05, 3.63) is 0 Å². The summed E-state index contributed by atoms with van der Waals surface area (Å²) in [6.07, 6.45) is 3.36.